The number of fused-ring (bicyclic) bond motifs is 3. The highest BCUT2D eigenvalue weighted by atomic mass is 32.2. The van der Waals surface area contributed by atoms with E-state index < -0.39 is 10.0 Å². The van der Waals surface area contributed by atoms with Crippen LogP contribution in [0.1, 0.15) is 15.9 Å². The number of hydrogen-bond donors (Lipinski definition) is 1. The smallest absolute Gasteiger partial charge is 0.258 e. The van der Waals surface area contributed by atoms with Crippen LogP contribution in [0, 0.1) is 0 Å². The molecule has 192 valence electrons. The largest absolute Gasteiger partial charge is 0.379 e. The predicted octanol–water partition coefficient (Wildman–Crippen LogP) is 3.30. The number of carbonyl (C=O) groups excluding carboxylic acids is 1. The maximum absolute atomic E-state index is 13.3. The van der Waals surface area contributed by atoms with Crippen molar-refractivity contribution in [2.45, 2.75) is 11.4 Å². The minimum atomic E-state index is -3.71. The molecule has 1 aliphatic rings. The normalized spacial score (nSPS) is 14.6. The number of anilines is 1. The summed E-state index contributed by atoms with van der Waals surface area (Å²) in [5.41, 5.74) is 3.21. The number of carbonyl (C=O) groups is 1. The Morgan fingerprint density at radius 3 is 2.37 bits per heavy atom. The summed E-state index contributed by atoms with van der Waals surface area (Å²) in [5, 5.41) is 11.8. The molecule has 1 N–H and O–H groups in total. The molecular formula is C27H24N6O4S. The first-order valence-corrected chi connectivity index (χ1v) is 13.6. The van der Waals surface area contributed by atoms with Gasteiger partial charge in [0, 0.05) is 30.6 Å². The summed E-state index contributed by atoms with van der Waals surface area (Å²) < 4.78 is 35.4. The first-order chi connectivity index (χ1) is 18.5. The number of benzene rings is 3. The van der Waals surface area contributed by atoms with Crippen LogP contribution in [-0.2, 0) is 21.3 Å². The molecule has 0 bridgehead atoms. The van der Waals surface area contributed by atoms with E-state index >= 15 is 0 Å². The van der Waals surface area contributed by atoms with Gasteiger partial charge in [0.05, 0.1) is 23.6 Å². The van der Waals surface area contributed by atoms with Crippen LogP contribution in [0.5, 0.6) is 0 Å². The highest BCUT2D eigenvalue weighted by molar-refractivity contribution is 7.89. The van der Waals surface area contributed by atoms with Crippen LogP contribution in [0.3, 0.4) is 0 Å². The molecular weight excluding hydrogens is 504 g/mol. The van der Waals surface area contributed by atoms with Crippen molar-refractivity contribution in [3.8, 4) is 0 Å². The Morgan fingerprint density at radius 2 is 1.63 bits per heavy atom. The number of hydrogen-bond acceptors (Lipinski definition) is 7. The fourth-order valence-corrected chi connectivity index (χ4v) is 6.01. The van der Waals surface area contributed by atoms with Crippen LogP contribution < -0.4 is 5.32 Å². The SMILES string of the molecule is O=C(Nc1nnc2c3cc(S(=O)(=O)N4CCOCC4)ccc3n(Cc3ccccc3)c2n1)c1ccccc1. The number of ether oxygens (including phenoxy) is 1. The summed E-state index contributed by atoms with van der Waals surface area (Å²) in [4.78, 5) is 17.5. The molecule has 1 fully saturated rings. The van der Waals surface area contributed by atoms with Crippen molar-refractivity contribution in [3.63, 3.8) is 0 Å². The maximum atomic E-state index is 13.3. The standard InChI is InChI=1S/C27H24N6O4S/c34-26(20-9-5-2-6-10-20)29-27-28-25-24(30-31-27)22-17-21(38(35,36)32-13-15-37-16-14-32)11-12-23(22)33(25)18-19-7-3-1-4-8-19/h1-12,17H,13-16,18H2,(H,28,29,31,34). The molecule has 1 aliphatic heterocycles. The minimum Gasteiger partial charge on any atom is -0.379 e. The van der Waals surface area contributed by atoms with Crippen molar-refractivity contribution in [1.29, 1.82) is 0 Å². The van der Waals surface area contributed by atoms with Crippen molar-refractivity contribution in [2.75, 3.05) is 31.6 Å². The molecule has 10 nitrogen and oxygen atoms in total. The third kappa shape index (κ3) is 4.51. The molecule has 0 radical (unpaired) electrons. The van der Waals surface area contributed by atoms with Gasteiger partial charge in [-0.1, -0.05) is 48.5 Å². The van der Waals surface area contributed by atoms with Crippen LogP contribution in [0.2, 0.25) is 0 Å². The summed E-state index contributed by atoms with van der Waals surface area (Å²) in [7, 11) is -3.71. The van der Waals surface area contributed by atoms with Gasteiger partial charge >= 0.3 is 0 Å². The molecule has 38 heavy (non-hydrogen) atoms. The molecule has 0 atom stereocenters. The van der Waals surface area contributed by atoms with Gasteiger partial charge in [0.25, 0.3) is 11.9 Å². The average molecular weight is 529 g/mol. The number of morpholine rings is 1. The van der Waals surface area contributed by atoms with E-state index in [2.05, 4.69) is 20.5 Å². The molecule has 11 heteroatoms. The third-order valence-electron chi connectivity index (χ3n) is 6.49. The molecule has 1 amide bonds. The molecule has 0 saturated carbocycles. The van der Waals surface area contributed by atoms with E-state index in [1.165, 1.54) is 4.31 Å². The van der Waals surface area contributed by atoms with Crippen LogP contribution in [0.25, 0.3) is 22.1 Å². The maximum Gasteiger partial charge on any atom is 0.258 e. The van der Waals surface area contributed by atoms with Crippen molar-refractivity contribution in [2.24, 2.45) is 0 Å². The Labute approximate surface area is 218 Å². The zero-order valence-corrected chi connectivity index (χ0v) is 21.1. The van der Waals surface area contributed by atoms with Crippen LogP contribution >= 0.6 is 0 Å². The van der Waals surface area contributed by atoms with Crippen LogP contribution in [0.4, 0.5) is 5.95 Å². The lowest BCUT2D eigenvalue weighted by Crippen LogP contribution is -2.40. The van der Waals surface area contributed by atoms with Crippen LogP contribution in [0.15, 0.2) is 83.8 Å². The van der Waals surface area contributed by atoms with E-state index in [-0.39, 0.29) is 16.8 Å². The average Bonchev–Trinajstić information content (AvgIpc) is 3.26. The van der Waals surface area contributed by atoms with Crippen molar-refractivity contribution < 1.29 is 17.9 Å². The van der Waals surface area contributed by atoms with Gasteiger partial charge in [0.1, 0.15) is 5.52 Å². The van der Waals surface area contributed by atoms with Gasteiger partial charge in [-0.15, -0.1) is 10.2 Å². The number of nitrogens with zero attached hydrogens (tertiary/aromatic N) is 5. The Hall–Kier alpha value is -4.19. The molecule has 6 rings (SSSR count). The van der Waals surface area contributed by atoms with E-state index in [9.17, 15) is 13.2 Å². The second kappa shape index (κ2) is 9.93. The summed E-state index contributed by atoms with van der Waals surface area (Å²) in [6.07, 6.45) is 0. The lowest BCUT2D eigenvalue weighted by atomic mass is 10.2. The zero-order chi connectivity index (χ0) is 26.1. The van der Waals surface area contributed by atoms with Crippen molar-refractivity contribution in [1.82, 2.24) is 24.1 Å². The summed E-state index contributed by atoms with van der Waals surface area (Å²) >= 11 is 0. The molecule has 0 unspecified atom stereocenters. The molecule has 0 aliphatic carbocycles. The van der Waals surface area contributed by atoms with Gasteiger partial charge in [0.2, 0.25) is 10.0 Å². The van der Waals surface area contributed by atoms with Gasteiger partial charge in [-0.25, -0.2) is 8.42 Å². The fourth-order valence-electron chi connectivity index (χ4n) is 4.57. The molecule has 2 aromatic heterocycles. The van der Waals surface area contributed by atoms with Crippen molar-refractivity contribution >= 4 is 43.9 Å². The third-order valence-corrected chi connectivity index (χ3v) is 8.39. The van der Waals surface area contributed by atoms with Gasteiger partial charge in [-0.3, -0.25) is 10.1 Å². The van der Waals surface area contributed by atoms with E-state index in [1.807, 2.05) is 41.0 Å². The Kier molecular flexibility index (Phi) is 6.32. The highest BCUT2D eigenvalue weighted by Crippen LogP contribution is 2.31. The number of aromatic nitrogens is 4. The van der Waals surface area contributed by atoms with Crippen molar-refractivity contribution in [3.05, 3.63) is 90.0 Å². The topological polar surface area (TPSA) is 119 Å². The second-order valence-corrected chi connectivity index (χ2v) is 10.8. The Balaban J connectivity index is 1.46. The number of rotatable bonds is 6. The lowest BCUT2D eigenvalue weighted by Gasteiger charge is -2.26. The molecule has 0 spiro atoms. The predicted molar refractivity (Wildman–Crippen MR) is 142 cm³/mol. The van der Waals surface area contributed by atoms with E-state index in [1.54, 1.807) is 42.5 Å². The molecule has 5 aromatic rings. The number of sulfonamides is 1. The van der Waals surface area contributed by atoms with Gasteiger partial charge < -0.3 is 9.30 Å². The van der Waals surface area contributed by atoms with E-state index in [0.717, 1.165) is 11.1 Å². The first kappa shape index (κ1) is 24.2. The molecule has 3 aromatic carbocycles. The number of nitrogens with one attached hydrogen (secondary N) is 1. The monoisotopic (exact) mass is 528 g/mol. The first-order valence-electron chi connectivity index (χ1n) is 12.2. The van der Waals surface area contributed by atoms with E-state index in [0.29, 0.717) is 55.0 Å². The van der Waals surface area contributed by atoms with Crippen LogP contribution in [-0.4, -0.2) is 64.7 Å². The summed E-state index contributed by atoms with van der Waals surface area (Å²) in [5.74, 6) is -0.291. The lowest BCUT2D eigenvalue weighted by molar-refractivity contribution is 0.0730. The fraction of sp³-hybridized carbons (Fsp3) is 0.185. The summed E-state index contributed by atoms with van der Waals surface area (Å²) in [6.45, 7) is 1.82. The minimum absolute atomic E-state index is 0.0598. The Bertz CT molecular complexity index is 1730. The summed E-state index contributed by atoms with van der Waals surface area (Å²) in [6, 6.07) is 23.6. The second-order valence-electron chi connectivity index (χ2n) is 8.89. The van der Waals surface area contributed by atoms with Gasteiger partial charge in [-0.2, -0.15) is 9.29 Å². The van der Waals surface area contributed by atoms with Gasteiger partial charge in [-0.05, 0) is 35.9 Å². The molecule has 1 saturated heterocycles. The zero-order valence-electron chi connectivity index (χ0n) is 20.3. The van der Waals surface area contributed by atoms with E-state index in [4.69, 9.17) is 4.74 Å². The number of amides is 1. The van der Waals surface area contributed by atoms with Gasteiger partial charge in [0.15, 0.2) is 5.65 Å². The quantitative estimate of drug-likeness (QED) is 0.359. The highest BCUT2D eigenvalue weighted by Gasteiger charge is 2.27. The molecule has 3 heterocycles. The Morgan fingerprint density at radius 1 is 0.921 bits per heavy atom.